The molecule has 1 atom stereocenters. The minimum Gasteiger partial charge on any atom is -0.347 e. The number of rotatable bonds is 7. The summed E-state index contributed by atoms with van der Waals surface area (Å²) in [6, 6.07) is -0.781. The molecule has 0 saturated carbocycles. The van der Waals surface area contributed by atoms with Crippen LogP contribution in [0.2, 0.25) is 0 Å². The molecule has 0 bridgehead atoms. The highest BCUT2D eigenvalue weighted by Gasteiger charge is 2.22. The zero-order valence-corrected chi connectivity index (χ0v) is 12.2. The lowest BCUT2D eigenvalue weighted by Gasteiger charge is -2.21. The molecule has 7 nitrogen and oxygen atoms in total. The van der Waals surface area contributed by atoms with Gasteiger partial charge < -0.3 is 9.88 Å². The molecule has 0 aliphatic rings. The number of aromatic amines is 1. The van der Waals surface area contributed by atoms with Crippen LogP contribution in [0.25, 0.3) is 0 Å². The van der Waals surface area contributed by atoms with Crippen LogP contribution in [0.4, 0.5) is 0 Å². The predicted octanol–water partition coefficient (Wildman–Crippen LogP) is 0.0860. The molecule has 108 valence electrons. The third-order valence-electron chi connectivity index (χ3n) is 2.52. The van der Waals surface area contributed by atoms with Crippen molar-refractivity contribution in [1.82, 2.24) is 19.6 Å². The molecule has 0 spiro atoms. The molecule has 1 aromatic rings. The van der Waals surface area contributed by atoms with Crippen molar-refractivity contribution in [2.45, 2.75) is 32.9 Å². The van der Waals surface area contributed by atoms with Gasteiger partial charge in [-0.05, 0) is 13.3 Å². The summed E-state index contributed by atoms with van der Waals surface area (Å²) in [6.07, 6.45) is 3.78. The van der Waals surface area contributed by atoms with E-state index in [1.165, 1.54) is 11.8 Å². The molecule has 2 N–H and O–H groups in total. The predicted molar refractivity (Wildman–Crippen MR) is 71.7 cm³/mol. The number of likely N-dealkylation sites (N-methyl/N-ethyl adjacent to an activating group) is 1. The van der Waals surface area contributed by atoms with Crippen molar-refractivity contribution in [3.8, 4) is 0 Å². The molecule has 1 aromatic heterocycles. The van der Waals surface area contributed by atoms with Gasteiger partial charge in [0.2, 0.25) is 15.9 Å². The zero-order chi connectivity index (χ0) is 14.5. The van der Waals surface area contributed by atoms with Crippen LogP contribution in [0.1, 0.15) is 26.1 Å². The Labute approximate surface area is 113 Å². The van der Waals surface area contributed by atoms with Crippen molar-refractivity contribution in [3.63, 3.8) is 0 Å². The van der Waals surface area contributed by atoms with Gasteiger partial charge in [-0.1, -0.05) is 6.92 Å². The van der Waals surface area contributed by atoms with Crippen molar-refractivity contribution in [2.75, 3.05) is 12.8 Å². The fraction of sp³-hybridized carbons (Fsp3) is 0.636. The number of nitrogens with one attached hydrogen (secondary N) is 2. The molecule has 0 aromatic carbocycles. The smallest absolute Gasteiger partial charge is 0.240 e. The zero-order valence-electron chi connectivity index (χ0n) is 11.4. The summed E-state index contributed by atoms with van der Waals surface area (Å²) >= 11 is 0. The summed E-state index contributed by atoms with van der Waals surface area (Å²) in [6.45, 7) is 3.62. The average Bonchev–Trinajstić information content (AvgIpc) is 2.79. The first-order valence-electron chi connectivity index (χ1n) is 6.09. The largest absolute Gasteiger partial charge is 0.347 e. The van der Waals surface area contributed by atoms with Crippen LogP contribution in [0, 0.1) is 0 Å². The first kappa shape index (κ1) is 15.6. The summed E-state index contributed by atoms with van der Waals surface area (Å²) in [5.41, 5.74) is 0. The second kappa shape index (κ2) is 6.67. The fourth-order valence-corrected chi connectivity index (χ4v) is 2.96. The Hall–Kier alpha value is -1.41. The van der Waals surface area contributed by atoms with Gasteiger partial charge in [-0.2, -0.15) is 0 Å². The van der Waals surface area contributed by atoms with E-state index in [9.17, 15) is 13.2 Å². The van der Waals surface area contributed by atoms with Gasteiger partial charge in [0.05, 0.1) is 18.3 Å². The van der Waals surface area contributed by atoms with E-state index in [2.05, 4.69) is 14.7 Å². The van der Waals surface area contributed by atoms with E-state index in [4.69, 9.17) is 0 Å². The number of hydrogen-bond acceptors (Lipinski definition) is 4. The van der Waals surface area contributed by atoms with Gasteiger partial charge in [0, 0.05) is 19.4 Å². The Kier molecular flexibility index (Phi) is 5.49. The molecule has 1 unspecified atom stereocenters. The minimum absolute atomic E-state index is 0.0204. The molecule has 0 aliphatic heterocycles. The Morgan fingerprint density at radius 3 is 2.79 bits per heavy atom. The number of sulfonamides is 1. The van der Waals surface area contributed by atoms with Crippen LogP contribution in [0.5, 0.6) is 0 Å². The van der Waals surface area contributed by atoms with Gasteiger partial charge in [0.15, 0.2) is 0 Å². The van der Waals surface area contributed by atoms with E-state index in [0.29, 0.717) is 18.8 Å². The van der Waals surface area contributed by atoms with Crippen LogP contribution in [-0.2, 0) is 21.4 Å². The topological polar surface area (TPSA) is 95.2 Å². The normalized spacial score (nSPS) is 13.2. The van der Waals surface area contributed by atoms with Crippen LogP contribution < -0.4 is 4.72 Å². The van der Waals surface area contributed by atoms with Crippen molar-refractivity contribution >= 4 is 15.9 Å². The van der Waals surface area contributed by atoms with Crippen LogP contribution in [-0.4, -0.2) is 48.0 Å². The molecule has 0 aliphatic carbocycles. The van der Waals surface area contributed by atoms with E-state index in [1.807, 2.05) is 0 Å². The highest BCUT2D eigenvalue weighted by molar-refractivity contribution is 7.89. The van der Waals surface area contributed by atoms with Gasteiger partial charge in [0.25, 0.3) is 0 Å². The molecular weight excluding hydrogens is 268 g/mol. The van der Waals surface area contributed by atoms with E-state index < -0.39 is 16.1 Å². The SMILES string of the molecule is CCCS(=O)(=O)NC(C)C(=O)N(C)Cc1ncc[nH]1. The number of carbonyl (C=O) groups excluding carboxylic acids is 1. The van der Waals surface area contributed by atoms with Crippen LogP contribution >= 0.6 is 0 Å². The van der Waals surface area contributed by atoms with Gasteiger partial charge in [-0.25, -0.2) is 18.1 Å². The van der Waals surface area contributed by atoms with Crippen LogP contribution in [0.3, 0.4) is 0 Å². The summed E-state index contributed by atoms with van der Waals surface area (Å²) in [4.78, 5) is 20.3. The third-order valence-corrected chi connectivity index (χ3v) is 4.18. The average molecular weight is 288 g/mol. The van der Waals surface area contributed by atoms with Gasteiger partial charge in [0.1, 0.15) is 5.82 Å². The molecule has 0 fully saturated rings. The highest BCUT2D eigenvalue weighted by atomic mass is 32.2. The third kappa shape index (κ3) is 4.99. The maximum Gasteiger partial charge on any atom is 0.240 e. The summed E-state index contributed by atoms with van der Waals surface area (Å²) < 4.78 is 25.5. The number of imidazole rings is 1. The van der Waals surface area contributed by atoms with E-state index in [1.54, 1.807) is 26.4 Å². The molecule has 19 heavy (non-hydrogen) atoms. The lowest BCUT2D eigenvalue weighted by molar-refractivity contribution is -0.131. The highest BCUT2D eigenvalue weighted by Crippen LogP contribution is 2.01. The first-order chi connectivity index (χ1) is 8.85. The Morgan fingerprint density at radius 2 is 2.26 bits per heavy atom. The molecule has 0 radical (unpaired) electrons. The monoisotopic (exact) mass is 288 g/mol. The van der Waals surface area contributed by atoms with Crippen molar-refractivity contribution in [3.05, 3.63) is 18.2 Å². The van der Waals surface area contributed by atoms with Gasteiger partial charge in [-0.3, -0.25) is 4.79 Å². The fourth-order valence-electron chi connectivity index (χ4n) is 1.66. The summed E-state index contributed by atoms with van der Waals surface area (Å²) in [7, 11) is -1.79. The van der Waals surface area contributed by atoms with Crippen molar-refractivity contribution in [1.29, 1.82) is 0 Å². The lowest BCUT2D eigenvalue weighted by Crippen LogP contribution is -2.45. The summed E-state index contributed by atoms with van der Waals surface area (Å²) in [5, 5.41) is 0. The lowest BCUT2D eigenvalue weighted by atomic mass is 10.3. The quantitative estimate of drug-likeness (QED) is 0.743. The Balaban J connectivity index is 2.56. The first-order valence-corrected chi connectivity index (χ1v) is 7.74. The maximum absolute atomic E-state index is 12.0. The number of amides is 1. The van der Waals surface area contributed by atoms with E-state index in [0.717, 1.165) is 0 Å². The number of carbonyl (C=O) groups is 1. The van der Waals surface area contributed by atoms with E-state index >= 15 is 0 Å². The Morgan fingerprint density at radius 1 is 1.58 bits per heavy atom. The Bertz CT molecular complexity index is 498. The molecule has 1 amide bonds. The van der Waals surface area contributed by atoms with Crippen molar-refractivity contribution in [2.24, 2.45) is 0 Å². The van der Waals surface area contributed by atoms with Crippen LogP contribution in [0.15, 0.2) is 12.4 Å². The summed E-state index contributed by atoms with van der Waals surface area (Å²) in [5.74, 6) is 0.377. The number of hydrogen-bond donors (Lipinski definition) is 2. The van der Waals surface area contributed by atoms with Crippen molar-refractivity contribution < 1.29 is 13.2 Å². The molecule has 0 saturated heterocycles. The van der Waals surface area contributed by atoms with Gasteiger partial charge in [-0.15, -0.1) is 0 Å². The maximum atomic E-state index is 12.0. The number of nitrogens with zero attached hydrogens (tertiary/aromatic N) is 2. The van der Waals surface area contributed by atoms with Gasteiger partial charge >= 0.3 is 0 Å². The van der Waals surface area contributed by atoms with E-state index in [-0.39, 0.29) is 11.7 Å². The molecule has 1 rings (SSSR count). The standard InChI is InChI=1S/C11H20N4O3S/c1-4-7-19(17,18)14-9(2)11(16)15(3)8-10-12-5-6-13-10/h5-6,9,14H,4,7-8H2,1-3H3,(H,12,13). The molecule has 8 heteroatoms. The molecular formula is C11H20N4O3S. The second-order valence-corrected chi connectivity index (χ2v) is 6.26. The second-order valence-electron chi connectivity index (χ2n) is 4.39. The number of aromatic nitrogens is 2. The minimum atomic E-state index is -3.39. The molecule has 1 heterocycles. The number of H-pyrrole nitrogens is 1.